The summed E-state index contributed by atoms with van der Waals surface area (Å²) in [5, 5.41) is 0. The quantitative estimate of drug-likeness (QED) is 0.329. The van der Waals surface area contributed by atoms with Crippen LogP contribution in [0.15, 0.2) is 12.7 Å². The van der Waals surface area contributed by atoms with Crippen molar-refractivity contribution in [1.29, 1.82) is 0 Å². The van der Waals surface area contributed by atoms with E-state index in [1.807, 2.05) is 0 Å². The highest BCUT2D eigenvalue weighted by atomic mass is 32.2. The maximum Gasteiger partial charge on any atom is 0.276 e. The zero-order valence-electron chi connectivity index (χ0n) is 9.50. The normalized spacial score (nSPS) is 10.9. The predicted octanol–water partition coefficient (Wildman–Crippen LogP) is 0.436. The van der Waals surface area contributed by atoms with Gasteiger partial charge in [0.25, 0.3) is 20.2 Å². The van der Waals surface area contributed by atoms with Gasteiger partial charge in [0.15, 0.2) is 0 Å². The number of rotatable bonds is 6. The molecule has 1 N–H and O–H groups in total. The molecule has 0 aromatic heterocycles. The van der Waals surface area contributed by atoms with Crippen molar-refractivity contribution in [2.45, 2.75) is 13.3 Å². The van der Waals surface area contributed by atoms with Crippen LogP contribution < -0.4 is 0 Å². The van der Waals surface area contributed by atoms with Crippen molar-refractivity contribution in [2.75, 3.05) is 18.1 Å². The Balaban J connectivity index is 0. The van der Waals surface area contributed by atoms with Crippen molar-refractivity contribution < 1.29 is 25.6 Å². The Labute approximate surface area is 103 Å². The monoisotopic (exact) mass is 284 g/mol. The molecule has 0 aliphatic rings. The first-order chi connectivity index (χ1) is 7.68. The fourth-order valence-corrected chi connectivity index (χ4v) is 1.70. The Hall–Kier alpha value is -0.880. The second-order valence-electron chi connectivity index (χ2n) is 2.77. The lowest BCUT2D eigenvalue weighted by Gasteiger charge is -1.99. The number of hydrogen-bond donors (Lipinski definition) is 1. The fourth-order valence-electron chi connectivity index (χ4n) is 0.566. The van der Waals surface area contributed by atoms with Crippen LogP contribution in [0.2, 0.25) is 0 Å². The molecule has 0 rings (SSSR count). The summed E-state index contributed by atoms with van der Waals surface area (Å²) in [5.74, 6) is 1.25. The Morgan fingerprint density at radius 3 is 2.18 bits per heavy atom. The van der Waals surface area contributed by atoms with E-state index >= 15 is 0 Å². The largest absolute Gasteiger partial charge is 0.285 e. The van der Waals surface area contributed by atoms with E-state index in [4.69, 9.17) is 4.55 Å². The van der Waals surface area contributed by atoms with Gasteiger partial charge in [0.05, 0.1) is 12.4 Å². The molecule has 0 heterocycles. The molecule has 6 nitrogen and oxygen atoms in total. The lowest BCUT2D eigenvalue weighted by molar-refractivity contribution is 0.357. The molecule has 0 radical (unpaired) electrons. The minimum atomic E-state index is -3.91. The second kappa shape index (κ2) is 9.18. The zero-order chi connectivity index (χ0) is 13.9. The SMILES string of the molecule is C#CCS(=O)(=O)O.C=CCOS(=O)(=O)CCC. The van der Waals surface area contributed by atoms with Gasteiger partial charge >= 0.3 is 0 Å². The Morgan fingerprint density at radius 1 is 1.41 bits per heavy atom. The molecule has 0 spiro atoms. The predicted molar refractivity (Wildman–Crippen MR) is 65.5 cm³/mol. The van der Waals surface area contributed by atoms with E-state index in [1.54, 1.807) is 12.8 Å². The number of hydrogen-bond acceptors (Lipinski definition) is 5. The van der Waals surface area contributed by atoms with Crippen molar-refractivity contribution in [3.63, 3.8) is 0 Å². The van der Waals surface area contributed by atoms with Gasteiger partial charge in [0.2, 0.25) is 0 Å². The molecule has 0 saturated carbocycles. The Bertz CT molecular complexity index is 440. The first-order valence-corrected chi connectivity index (χ1v) is 7.73. The lowest BCUT2D eigenvalue weighted by Crippen LogP contribution is -2.09. The van der Waals surface area contributed by atoms with Gasteiger partial charge < -0.3 is 0 Å². The molecule has 0 atom stereocenters. The van der Waals surface area contributed by atoms with E-state index in [1.165, 1.54) is 6.08 Å². The molecule has 0 saturated heterocycles. The zero-order valence-corrected chi connectivity index (χ0v) is 11.1. The second-order valence-corrected chi connectivity index (χ2v) is 5.98. The molecule has 0 aromatic carbocycles. The van der Waals surface area contributed by atoms with E-state index in [2.05, 4.69) is 17.2 Å². The van der Waals surface area contributed by atoms with E-state index in [0.717, 1.165) is 0 Å². The van der Waals surface area contributed by atoms with Gasteiger partial charge in [-0.1, -0.05) is 18.9 Å². The lowest BCUT2D eigenvalue weighted by atomic mass is 10.6. The van der Waals surface area contributed by atoms with Crippen LogP contribution in [0.25, 0.3) is 0 Å². The highest BCUT2D eigenvalue weighted by Gasteiger charge is 2.06. The van der Waals surface area contributed by atoms with Crippen LogP contribution in [0.4, 0.5) is 0 Å². The summed E-state index contributed by atoms with van der Waals surface area (Å²) in [6, 6.07) is 0. The number of terminal acetylenes is 1. The van der Waals surface area contributed by atoms with Gasteiger partial charge in [-0.15, -0.1) is 13.0 Å². The van der Waals surface area contributed by atoms with Gasteiger partial charge in [-0.25, -0.2) is 0 Å². The van der Waals surface area contributed by atoms with E-state index in [0.29, 0.717) is 6.42 Å². The maximum atomic E-state index is 10.7. The van der Waals surface area contributed by atoms with Crippen LogP contribution in [-0.4, -0.2) is 39.5 Å². The summed E-state index contributed by atoms with van der Waals surface area (Å²) in [6.45, 7) is 5.19. The molecular formula is C9H16O6S2. The molecule has 0 unspecified atom stereocenters. The molecule has 0 aliphatic heterocycles. The smallest absolute Gasteiger partial charge is 0.276 e. The van der Waals surface area contributed by atoms with E-state index in [-0.39, 0.29) is 12.4 Å². The molecule has 0 amide bonds. The average molecular weight is 284 g/mol. The Morgan fingerprint density at radius 2 is 1.94 bits per heavy atom. The van der Waals surface area contributed by atoms with Crippen LogP contribution in [0.1, 0.15) is 13.3 Å². The minimum absolute atomic E-state index is 0.0718. The highest BCUT2D eigenvalue weighted by Crippen LogP contribution is 1.94. The van der Waals surface area contributed by atoms with Crippen LogP contribution >= 0.6 is 0 Å². The van der Waals surface area contributed by atoms with Crippen molar-refractivity contribution >= 4 is 20.2 Å². The van der Waals surface area contributed by atoms with Gasteiger partial charge in [-0.2, -0.15) is 16.8 Å². The minimum Gasteiger partial charge on any atom is -0.285 e. The van der Waals surface area contributed by atoms with Gasteiger partial charge in [-0.3, -0.25) is 8.74 Å². The average Bonchev–Trinajstić information content (AvgIpc) is 2.14. The molecule has 0 aromatic rings. The van der Waals surface area contributed by atoms with Crippen molar-refractivity contribution in [1.82, 2.24) is 0 Å². The van der Waals surface area contributed by atoms with Crippen molar-refractivity contribution in [3.05, 3.63) is 12.7 Å². The molecule has 0 bridgehead atoms. The fraction of sp³-hybridized carbons (Fsp3) is 0.556. The summed E-state index contributed by atoms with van der Waals surface area (Å²) in [7, 11) is -7.18. The van der Waals surface area contributed by atoms with Gasteiger partial charge in [0, 0.05) is 0 Å². The molecular weight excluding hydrogens is 268 g/mol. The van der Waals surface area contributed by atoms with Crippen LogP contribution in [0.3, 0.4) is 0 Å². The van der Waals surface area contributed by atoms with E-state index in [9.17, 15) is 16.8 Å². The first kappa shape index (κ1) is 18.5. The standard InChI is InChI=1S/C6H12O3S.C3H4O3S/c1-3-5-9-10(7,8)6-4-2;1-2-3-7(4,5)6/h3H,1,4-6H2,2H3;1H,3H2,(H,4,5,6). The van der Waals surface area contributed by atoms with Crippen LogP contribution in [0.5, 0.6) is 0 Å². The molecule has 0 aliphatic carbocycles. The van der Waals surface area contributed by atoms with Crippen molar-refractivity contribution in [3.8, 4) is 12.3 Å². The molecule has 17 heavy (non-hydrogen) atoms. The summed E-state index contributed by atoms with van der Waals surface area (Å²) in [4.78, 5) is 0. The highest BCUT2D eigenvalue weighted by molar-refractivity contribution is 7.86. The van der Waals surface area contributed by atoms with Crippen LogP contribution in [0, 0.1) is 12.3 Å². The third kappa shape index (κ3) is 17.7. The van der Waals surface area contributed by atoms with E-state index < -0.39 is 26.0 Å². The third-order valence-electron chi connectivity index (χ3n) is 1.09. The topological polar surface area (TPSA) is 97.7 Å². The van der Waals surface area contributed by atoms with Gasteiger partial charge in [0.1, 0.15) is 5.75 Å². The Kier molecular flexibility index (Phi) is 9.98. The summed E-state index contributed by atoms with van der Waals surface area (Å²) < 4.78 is 53.0. The maximum absolute atomic E-state index is 10.7. The van der Waals surface area contributed by atoms with Gasteiger partial charge in [-0.05, 0) is 6.42 Å². The molecule has 100 valence electrons. The molecule has 0 fully saturated rings. The summed E-state index contributed by atoms with van der Waals surface area (Å²) in [6.07, 6.45) is 6.52. The van der Waals surface area contributed by atoms with Crippen molar-refractivity contribution in [2.24, 2.45) is 0 Å². The summed E-state index contributed by atoms with van der Waals surface area (Å²) >= 11 is 0. The third-order valence-corrected chi connectivity index (χ3v) is 3.02. The van der Waals surface area contributed by atoms with Crippen LogP contribution in [-0.2, 0) is 24.4 Å². The molecule has 8 heteroatoms. The first-order valence-electron chi connectivity index (χ1n) is 4.55. The summed E-state index contributed by atoms with van der Waals surface area (Å²) in [5.41, 5.74) is 0.